The van der Waals surface area contributed by atoms with Crippen LogP contribution in [0.3, 0.4) is 0 Å². The first-order valence-corrected chi connectivity index (χ1v) is 7.41. The fourth-order valence-electron chi connectivity index (χ4n) is 2.19. The molecular weight excluding hydrogens is 306 g/mol. The molecule has 2 aromatic carbocycles. The zero-order chi connectivity index (χ0) is 16.9. The van der Waals surface area contributed by atoms with Crippen molar-refractivity contribution in [3.63, 3.8) is 0 Å². The monoisotopic (exact) mass is 323 g/mol. The molecule has 0 bridgehead atoms. The van der Waals surface area contributed by atoms with E-state index in [2.05, 4.69) is 15.4 Å². The first kappa shape index (κ1) is 15.7. The molecule has 24 heavy (non-hydrogen) atoms. The summed E-state index contributed by atoms with van der Waals surface area (Å²) in [4.78, 5) is 15.2. The van der Waals surface area contributed by atoms with Crippen LogP contribution in [0.25, 0.3) is 11.4 Å². The van der Waals surface area contributed by atoms with Gasteiger partial charge in [0.05, 0.1) is 7.11 Å². The van der Waals surface area contributed by atoms with Gasteiger partial charge in [-0.05, 0) is 29.5 Å². The zero-order valence-electron chi connectivity index (χ0n) is 13.5. The van der Waals surface area contributed by atoms with E-state index in [1.807, 2.05) is 42.5 Å². The maximum absolute atomic E-state index is 12.4. The Bertz CT molecular complexity index is 815. The largest absolute Gasteiger partial charge is 0.497 e. The summed E-state index contributed by atoms with van der Waals surface area (Å²) in [5.41, 5.74) is 1.63. The third-order valence-electron chi connectivity index (χ3n) is 3.60. The van der Waals surface area contributed by atoms with Gasteiger partial charge >= 0.3 is 0 Å². The molecule has 7 heteroatoms. The molecule has 0 fully saturated rings. The highest BCUT2D eigenvalue weighted by atomic mass is 16.5. The molecule has 0 saturated carbocycles. The van der Waals surface area contributed by atoms with Crippen LogP contribution in [-0.4, -0.2) is 40.3 Å². The third-order valence-corrected chi connectivity index (χ3v) is 3.60. The summed E-state index contributed by atoms with van der Waals surface area (Å²) in [5, 5.41) is 12.2. The summed E-state index contributed by atoms with van der Waals surface area (Å²) in [6.07, 6.45) is 0. The van der Waals surface area contributed by atoms with Crippen molar-refractivity contribution in [2.45, 2.75) is 6.54 Å². The molecule has 0 N–H and O–H groups in total. The van der Waals surface area contributed by atoms with Crippen LogP contribution in [0.15, 0.2) is 54.6 Å². The first-order chi connectivity index (χ1) is 11.7. The number of aromatic nitrogens is 4. The number of ether oxygens (including phenoxy) is 1. The normalized spacial score (nSPS) is 10.4. The van der Waals surface area contributed by atoms with Gasteiger partial charge in [-0.3, -0.25) is 4.79 Å². The summed E-state index contributed by atoms with van der Waals surface area (Å²) in [6, 6.07) is 16.8. The van der Waals surface area contributed by atoms with E-state index >= 15 is 0 Å². The van der Waals surface area contributed by atoms with Crippen molar-refractivity contribution in [1.29, 1.82) is 0 Å². The number of nitrogens with zero attached hydrogens (tertiary/aromatic N) is 5. The van der Waals surface area contributed by atoms with E-state index in [0.717, 1.165) is 17.0 Å². The van der Waals surface area contributed by atoms with Crippen molar-refractivity contribution in [2.75, 3.05) is 19.1 Å². The number of methoxy groups -OCH3 is 1. The highest BCUT2D eigenvalue weighted by Crippen LogP contribution is 2.18. The first-order valence-electron chi connectivity index (χ1n) is 7.41. The smallest absolute Gasteiger partial charge is 0.250 e. The molecule has 0 radical (unpaired) electrons. The Balaban J connectivity index is 1.69. The molecule has 0 spiro atoms. The Kier molecular flexibility index (Phi) is 4.51. The lowest BCUT2D eigenvalue weighted by atomic mass is 10.2. The van der Waals surface area contributed by atoms with Crippen LogP contribution < -0.4 is 9.64 Å². The number of benzene rings is 2. The number of likely N-dealkylation sites (N-methyl/N-ethyl adjacent to an activating group) is 1. The van der Waals surface area contributed by atoms with E-state index in [-0.39, 0.29) is 12.5 Å². The molecule has 7 nitrogen and oxygen atoms in total. The zero-order valence-corrected chi connectivity index (χ0v) is 13.5. The Morgan fingerprint density at radius 2 is 1.83 bits per heavy atom. The summed E-state index contributed by atoms with van der Waals surface area (Å²) in [6.45, 7) is 0.0162. The fourth-order valence-corrected chi connectivity index (χ4v) is 2.19. The molecule has 0 unspecified atom stereocenters. The van der Waals surface area contributed by atoms with Crippen molar-refractivity contribution in [3.05, 3.63) is 54.6 Å². The van der Waals surface area contributed by atoms with Crippen molar-refractivity contribution >= 4 is 11.6 Å². The van der Waals surface area contributed by atoms with Gasteiger partial charge in [0.25, 0.3) is 0 Å². The van der Waals surface area contributed by atoms with Gasteiger partial charge in [-0.15, -0.1) is 10.2 Å². The van der Waals surface area contributed by atoms with Crippen LogP contribution >= 0.6 is 0 Å². The molecule has 0 saturated heterocycles. The van der Waals surface area contributed by atoms with Crippen molar-refractivity contribution in [3.8, 4) is 17.1 Å². The van der Waals surface area contributed by atoms with Gasteiger partial charge in [0.2, 0.25) is 11.7 Å². The number of amides is 1. The van der Waals surface area contributed by atoms with Crippen molar-refractivity contribution < 1.29 is 9.53 Å². The second kappa shape index (κ2) is 6.91. The lowest BCUT2D eigenvalue weighted by Gasteiger charge is -2.17. The Morgan fingerprint density at radius 3 is 2.50 bits per heavy atom. The number of carbonyl (C=O) groups is 1. The van der Waals surface area contributed by atoms with Crippen LogP contribution in [0, 0.1) is 0 Å². The minimum Gasteiger partial charge on any atom is -0.497 e. The second-order valence-corrected chi connectivity index (χ2v) is 5.16. The molecule has 0 atom stereocenters. The van der Waals surface area contributed by atoms with Crippen LogP contribution in [0.1, 0.15) is 0 Å². The molecule has 1 heterocycles. The molecule has 0 aliphatic heterocycles. The number of hydrogen-bond acceptors (Lipinski definition) is 5. The maximum Gasteiger partial charge on any atom is 0.250 e. The molecule has 1 aromatic heterocycles. The average Bonchev–Trinajstić information content (AvgIpc) is 3.10. The van der Waals surface area contributed by atoms with Crippen LogP contribution in [-0.2, 0) is 11.3 Å². The van der Waals surface area contributed by atoms with Crippen molar-refractivity contribution in [1.82, 2.24) is 20.2 Å². The topological polar surface area (TPSA) is 73.1 Å². The molecule has 3 rings (SSSR count). The van der Waals surface area contributed by atoms with E-state index in [1.165, 1.54) is 4.80 Å². The Hall–Kier alpha value is -3.22. The van der Waals surface area contributed by atoms with E-state index in [4.69, 9.17) is 4.74 Å². The number of rotatable bonds is 5. The SMILES string of the molecule is COc1ccc(N(C)C(=O)Cn2nnc(-c3ccccc3)n2)cc1. The quantitative estimate of drug-likeness (QED) is 0.718. The molecular formula is C17H17N5O2. The van der Waals surface area contributed by atoms with E-state index in [9.17, 15) is 4.79 Å². The summed E-state index contributed by atoms with van der Waals surface area (Å²) < 4.78 is 5.11. The molecule has 0 aliphatic rings. The van der Waals surface area contributed by atoms with Crippen LogP contribution in [0.4, 0.5) is 5.69 Å². The molecule has 0 aliphatic carbocycles. The maximum atomic E-state index is 12.4. The van der Waals surface area contributed by atoms with Gasteiger partial charge in [0, 0.05) is 18.3 Å². The van der Waals surface area contributed by atoms with E-state index in [0.29, 0.717) is 5.82 Å². The lowest BCUT2D eigenvalue weighted by Crippen LogP contribution is -2.30. The third kappa shape index (κ3) is 3.40. The predicted octanol–water partition coefficient (Wildman–Crippen LogP) is 2.01. The number of carbonyl (C=O) groups excluding carboxylic acids is 1. The van der Waals surface area contributed by atoms with Gasteiger partial charge in [-0.25, -0.2) is 0 Å². The minimum atomic E-state index is -0.142. The standard InChI is InChI=1S/C17H17N5O2/c1-21(14-8-10-15(24-2)11-9-14)16(23)12-22-19-17(18-20-22)13-6-4-3-5-7-13/h3-11H,12H2,1-2H3. The lowest BCUT2D eigenvalue weighted by molar-refractivity contribution is -0.119. The van der Waals surface area contributed by atoms with Crippen LogP contribution in [0.2, 0.25) is 0 Å². The summed E-state index contributed by atoms with van der Waals surface area (Å²) in [7, 11) is 3.31. The van der Waals surface area contributed by atoms with E-state index < -0.39 is 0 Å². The number of tetrazole rings is 1. The highest BCUT2D eigenvalue weighted by Gasteiger charge is 2.14. The van der Waals surface area contributed by atoms with Gasteiger partial charge in [-0.2, -0.15) is 4.80 Å². The summed E-state index contributed by atoms with van der Waals surface area (Å²) >= 11 is 0. The predicted molar refractivity (Wildman–Crippen MR) is 89.7 cm³/mol. The highest BCUT2D eigenvalue weighted by molar-refractivity contribution is 5.92. The number of hydrogen-bond donors (Lipinski definition) is 0. The molecule has 1 amide bonds. The minimum absolute atomic E-state index is 0.0162. The fraction of sp³-hybridized carbons (Fsp3) is 0.176. The molecule has 122 valence electrons. The van der Waals surface area contributed by atoms with Gasteiger partial charge in [0.15, 0.2) is 0 Å². The average molecular weight is 323 g/mol. The number of anilines is 1. The van der Waals surface area contributed by atoms with Gasteiger partial charge in [-0.1, -0.05) is 30.3 Å². The van der Waals surface area contributed by atoms with E-state index in [1.54, 1.807) is 31.2 Å². The Morgan fingerprint density at radius 1 is 1.12 bits per heavy atom. The Labute approximate surface area is 139 Å². The van der Waals surface area contributed by atoms with Gasteiger partial charge < -0.3 is 9.64 Å². The van der Waals surface area contributed by atoms with Crippen molar-refractivity contribution in [2.24, 2.45) is 0 Å². The van der Waals surface area contributed by atoms with Crippen LogP contribution in [0.5, 0.6) is 5.75 Å². The van der Waals surface area contributed by atoms with Gasteiger partial charge in [0.1, 0.15) is 12.3 Å². The second-order valence-electron chi connectivity index (χ2n) is 5.16. The summed E-state index contributed by atoms with van der Waals surface area (Å²) in [5.74, 6) is 1.10. The molecule has 3 aromatic rings.